The van der Waals surface area contributed by atoms with Gasteiger partial charge in [0.1, 0.15) is 0 Å². The molecule has 0 aliphatic rings. The fourth-order valence-corrected chi connectivity index (χ4v) is 3.24. The van der Waals surface area contributed by atoms with E-state index in [4.69, 9.17) is 46.4 Å². The summed E-state index contributed by atoms with van der Waals surface area (Å²) in [5.74, 6) is 0. The Balaban J connectivity index is 2.17. The molecule has 5 heteroatoms. The molecule has 1 nitrogen and oxygen atoms in total. The summed E-state index contributed by atoms with van der Waals surface area (Å²) in [6.07, 6.45) is 1.50. The number of rotatable bonds is 5. The predicted molar refractivity (Wildman–Crippen MR) is 93.2 cm³/mol. The Morgan fingerprint density at radius 2 is 1.57 bits per heavy atom. The Morgan fingerprint density at radius 1 is 0.905 bits per heavy atom. The molecule has 0 fully saturated rings. The van der Waals surface area contributed by atoms with Crippen molar-refractivity contribution in [3.05, 3.63) is 67.6 Å². The second-order valence-electron chi connectivity index (χ2n) is 4.83. The van der Waals surface area contributed by atoms with E-state index in [-0.39, 0.29) is 6.04 Å². The van der Waals surface area contributed by atoms with E-state index in [0.717, 1.165) is 24.0 Å². The Bertz CT molecular complexity index is 607. The van der Waals surface area contributed by atoms with E-state index in [0.29, 0.717) is 20.1 Å². The molecule has 112 valence electrons. The maximum absolute atomic E-state index is 6.23. The minimum Gasteiger partial charge on any atom is -0.316 e. The highest BCUT2D eigenvalue weighted by Crippen LogP contribution is 2.27. The van der Waals surface area contributed by atoms with Crippen LogP contribution in [0.4, 0.5) is 0 Å². The Morgan fingerprint density at radius 3 is 2.14 bits per heavy atom. The Hall–Kier alpha value is -0.440. The highest BCUT2D eigenvalue weighted by Gasteiger charge is 2.15. The van der Waals surface area contributed by atoms with Gasteiger partial charge in [0.2, 0.25) is 0 Å². The lowest BCUT2D eigenvalue weighted by atomic mass is 9.99. The Kier molecular flexibility index (Phi) is 6.21. The van der Waals surface area contributed by atoms with Gasteiger partial charge in [0.15, 0.2) is 0 Å². The van der Waals surface area contributed by atoms with Crippen molar-refractivity contribution in [2.45, 2.75) is 18.9 Å². The molecule has 0 aliphatic carbocycles. The molecule has 2 rings (SSSR count). The van der Waals surface area contributed by atoms with Crippen LogP contribution in [0.3, 0.4) is 0 Å². The van der Waals surface area contributed by atoms with Crippen molar-refractivity contribution in [2.24, 2.45) is 0 Å². The summed E-state index contributed by atoms with van der Waals surface area (Å²) in [4.78, 5) is 0. The SMILES string of the molecule is CNC(Cc1ccc(Cl)cc1Cl)Cc1c(Cl)cccc1Cl. The third-order valence-corrected chi connectivity index (χ3v) is 4.70. The van der Waals surface area contributed by atoms with Gasteiger partial charge in [-0.3, -0.25) is 0 Å². The van der Waals surface area contributed by atoms with Crippen LogP contribution in [0.25, 0.3) is 0 Å². The van der Waals surface area contributed by atoms with Crippen LogP contribution in [0.15, 0.2) is 36.4 Å². The van der Waals surface area contributed by atoms with Crippen LogP contribution in [-0.4, -0.2) is 13.1 Å². The number of likely N-dealkylation sites (N-methyl/N-ethyl adjacent to an activating group) is 1. The second-order valence-corrected chi connectivity index (χ2v) is 6.49. The van der Waals surface area contributed by atoms with Gasteiger partial charge in [-0.2, -0.15) is 0 Å². The van der Waals surface area contributed by atoms with Crippen molar-refractivity contribution in [1.82, 2.24) is 5.32 Å². The van der Waals surface area contributed by atoms with E-state index >= 15 is 0 Å². The smallest absolute Gasteiger partial charge is 0.0453 e. The molecule has 0 saturated heterocycles. The third-order valence-electron chi connectivity index (χ3n) is 3.40. The minimum atomic E-state index is 0.182. The molecular formula is C16H15Cl4N. The van der Waals surface area contributed by atoms with Crippen LogP contribution >= 0.6 is 46.4 Å². The highest BCUT2D eigenvalue weighted by molar-refractivity contribution is 6.36. The lowest BCUT2D eigenvalue weighted by molar-refractivity contribution is 0.556. The summed E-state index contributed by atoms with van der Waals surface area (Å²) in [6.45, 7) is 0. The highest BCUT2D eigenvalue weighted by atomic mass is 35.5. The van der Waals surface area contributed by atoms with Gasteiger partial charge in [0.05, 0.1) is 0 Å². The molecule has 2 aromatic carbocycles. The summed E-state index contributed by atoms with van der Waals surface area (Å²) in [7, 11) is 1.92. The van der Waals surface area contributed by atoms with Gasteiger partial charge in [0.25, 0.3) is 0 Å². The number of hydrogen-bond acceptors (Lipinski definition) is 1. The molecule has 1 atom stereocenters. The van der Waals surface area contributed by atoms with E-state index < -0.39 is 0 Å². The Labute approximate surface area is 145 Å². The topological polar surface area (TPSA) is 12.0 Å². The first kappa shape index (κ1) is 16.9. The van der Waals surface area contributed by atoms with Crippen LogP contribution in [0.2, 0.25) is 20.1 Å². The molecule has 0 aliphatic heterocycles. The van der Waals surface area contributed by atoms with Crippen molar-refractivity contribution in [3.8, 4) is 0 Å². The summed E-state index contributed by atoms with van der Waals surface area (Å²) < 4.78 is 0. The third kappa shape index (κ3) is 4.51. The average molecular weight is 363 g/mol. The molecule has 0 heterocycles. The normalized spacial score (nSPS) is 12.4. The lowest BCUT2D eigenvalue weighted by Crippen LogP contribution is -2.30. The largest absolute Gasteiger partial charge is 0.316 e. The molecular weight excluding hydrogens is 348 g/mol. The van der Waals surface area contributed by atoms with E-state index in [9.17, 15) is 0 Å². The zero-order valence-corrected chi connectivity index (χ0v) is 14.5. The molecule has 2 aromatic rings. The fourth-order valence-electron chi connectivity index (χ4n) is 2.20. The molecule has 0 amide bonds. The van der Waals surface area contributed by atoms with E-state index in [1.165, 1.54) is 0 Å². The standard InChI is InChI=1S/C16H15Cl4N/c1-21-12(7-10-5-6-11(17)8-16(10)20)9-13-14(18)3-2-4-15(13)19/h2-6,8,12,21H,7,9H2,1H3. The van der Waals surface area contributed by atoms with Gasteiger partial charge in [-0.25, -0.2) is 0 Å². The van der Waals surface area contributed by atoms with Crippen molar-refractivity contribution in [1.29, 1.82) is 0 Å². The zero-order chi connectivity index (χ0) is 15.4. The lowest BCUT2D eigenvalue weighted by Gasteiger charge is -2.18. The summed E-state index contributed by atoms with van der Waals surface area (Å²) in [5.41, 5.74) is 1.99. The van der Waals surface area contributed by atoms with Gasteiger partial charge in [-0.15, -0.1) is 0 Å². The van der Waals surface area contributed by atoms with Crippen molar-refractivity contribution >= 4 is 46.4 Å². The maximum atomic E-state index is 6.23. The van der Waals surface area contributed by atoms with Crippen LogP contribution < -0.4 is 5.32 Å². The second kappa shape index (κ2) is 7.71. The van der Waals surface area contributed by atoms with E-state index in [2.05, 4.69) is 5.32 Å². The minimum absolute atomic E-state index is 0.182. The van der Waals surface area contributed by atoms with Crippen LogP contribution in [0.1, 0.15) is 11.1 Å². The first-order valence-corrected chi connectivity index (χ1v) is 8.06. The van der Waals surface area contributed by atoms with Crippen molar-refractivity contribution in [2.75, 3.05) is 7.05 Å². The van der Waals surface area contributed by atoms with E-state index in [1.807, 2.05) is 37.4 Å². The van der Waals surface area contributed by atoms with Crippen LogP contribution in [0.5, 0.6) is 0 Å². The molecule has 21 heavy (non-hydrogen) atoms. The van der Waals surface area contributed by atoms with Crippen molar-refractivity contribution < 1.29 is 0 Å². The maximum Gasteiger partial charge on any atom is 0.0453 e. The predicted octanol–water partition coefficient (Wildman–Crippen LogP) is 5.67. The van der Waals surface area contributed by atoms with Gasteiger partial charge in [0, 0.05) is 26.1 Å². The quantitative estimate of drug-likeness (QED) is 0.722. The van der Waals surface area contributed by atoms with Crippen LogP contribution in [0, 0.1) is 0 Å². The molecule has 0 bridgehead atoms. The average Bonchev–Trinajstić information content (AvgIpc) is 2.44. The number of benzene rings is 2. The fraction of sp³-hybridized carbons (Fsp3) is 0.250. The van der Waals surface area contributed by atoms with Gasteiger partial charge in [-0.05, 0) is 55.3 Å². The molecule has 0 spiro atoms. The van der Waals surface area contributed by atoms with Gasteiger partial charge < -0.3 is 5.32 Å². The molecule has 0 saturated carbocycles. The first-order valence-electron chi connectivity index (χ1n) is 6.55. The molecule has 1 unspecified atom stereocenters. The molecule has 0 radical (unpaired) electrons. The van der Waals surface area contributed by atoms with Crippen molar-refractivity contribution in [3.63, 3.8) is 0 Å². The zero-order valence-electron chi connectivity index (χ0n) is 11.5. The summed E-state index contributed by atoms with van der Waals surface area (Å²) in [6, 6.07) is 11.3. The van der Waals surface area contributed by atoms with Gasteiger partial charge >= 0.3 is 0 Å². The number of nitrogens with one attached hydrogen (secondary N) is 1. The number of halogens is 4. The van der Waals surface area contributed by atoms with E-state index in [1.54, 1.807) is 6.07 Å². The van der Waals surface area contributed by atoms with Crippen LogP contribution in [-0.2, 0) is 12.8 Å². The molecule has 1 N–H and O–H groups in total. The summed E-state index contributed by atoms with van der Waals surface area (Å²) in [5, 5.41) is 5.97. The summed E-state index contributed by atoms with van der Waals surface area (Å²) >= 11 is 24.6. The number of hydrogen-bond donors (Lipinski definition) is 1. The van der Waals surface area contributed by atoms with Gasteiger partial charge in [-0.1, -0.05) is 58.5 Å². The monoisotopic (exact) mass is 361 g/mol. The first-order chi connectivity index (χ1) is 10.0. The molecule has 0 aromatic heterocycles.